The van der Waals surface area contributed by atoms with Crippen LogP contribution >= 0.6 is 34.8 Å². The number of carbonyl (C=O) groups is 2. The van der Waals surface area contributed by atoms with Gasteiger partial charge in [0, 0.05) is 13.1 Å². The maximum atomic E-state index is 11.7. The van der Waals surface area contributed by atoms with Crippen molar-refractivity contribution in [2.45, 2.75) is 25.3 Å². The zero-order valence-electron chi connectivity index (χ0n) is 9.66. The summed E-state index contributed by atoms with van der Waals surface area (Å²) < 4.78 is 0.742. The Morgan fingerprint density at radius 2 is 2.24 bits per heavy atom. The van der Waals surface area contributed by atoms with Crippen molar-refractivity contribution in [1.29, 1.82) is 0 Å². The molecule has 0 aromatic rings. The Morgan fingerprint density at radius 3 is 2.76 bits per heavy atom. The van der Waals surface area contributed by atoms with Crippen LogP contribution in [-0.2, 0) is 9.59 Å². The van der Waals surface area contributed by atoms with Gasteiger partial charge in [-0.25, -0.2) is 0 Å². The number of likely N-dealkylation sites (tertiary alicyclic amines) is 1. The van der Waals surface area contributed by atoms with Crippen LogP contribution in [0.25, 0.3) is 0 Å². The summed E-state index contributed by atoms with van der Waals surface area (Å²) in [5.41, 5.74) is 0. The molecule has 1 fully saturated rings. The van der Waals surface area contributed by atoms with Crippen LogP contribution in [-0.4, -0.2) is 45.9 Å². The number of thiocarbonyl (C=S) groups is 1. The van der Waals surface area contributed by atoms with Crippen molar-refractivity contribution in [1.82, 2.24) is 15.5 Å². The molecule has 17 heavy (non-hydrogen) atoms. The molecule has 0 spiro atoms. The van der Waals surface area contributed by atoms with Crippen LogP contribution in [0.5, 0.6) is 0 Å². The fourth-order valence-corrected chi connectivity index (χ4v) is 2.10. The minimum absolute atomic E-state index is 0.0771. The molecule has 2 N–H and O–H groups in total. The minimum Gasteiger partial charge on any atom is -0.371 e. The summed E-state index contributed by atoms with van der Waals surface area (Å²) in [4.78, 5) is 24.6. The van der Waals surface area contributed by atoms with Gasteiger partial charge in [0.15, 0.2) is 0 Å². The van der Waals surface area contributed by atoms with Gasteiger partial charge in [0.2, 0.25) is 11.8 Å². The van der Waals surface area contributed by atoms with Gasteiger partial charge in [-0.2, -0.15) is 0 Å². The van der Waals surface area contributed by atoms with Gasteiger partial charge in [-0.3, -0.25) is 14.5 Å². The van der Waals surface area contributed by atoms with E-state index in [4.69, 9.17) is 12.2 Å². The number of amides is 2. The second kappa shape index (κ2) is 7.22. The van der Waals surface area contributed by atoms with E-state index in [0.717, 1.165) is 22.4 Å². The molecule has 1 aliphatic heterocycles. The molecule has 0 saturated carbocycles. The molecule has 0 radical (unpaired) electrons. The minimum atomic E-state index is -0.331. The number of halogens is 1. The van der Waals surface area contributed by atoms with Crippen molar-refractivity contribution in [2.24, 2.45) is 0 Å². The maximum absolute atomic E-state index is 11.7. The van der Waals surface area contributed by atoms with Crippen molar-refractivity contribution in [3.05, 3.63) is 0 Å². The standard InChI is InChI=1S/C10H16IN3O2S/c1-12-7-6-8(15)14(9(7)16)5-3-2-4-13-10(11)17/h7,12H,2-6H2,1H3,(H,13,17). The monoisotopic (exact) mass is 369 g/mol. The van der Waals surface area contributed by atoms with Crippen LogP contribution in [0.2, 0.25) is 0 Å². The Hall–Kier alpha value is -0.280. The molecule has 1 atom stereocenters. The summed E-state index contributed by atoms with van der Waals surface area (Å²) in [5.74, 6) is -0.179. The molecule has 7 heteroatoms. The molecule has 1 saturated heterocycles. The summed E-state index contributed by atoms with van der Waals surface area (Å²) in [7, 11) is 1.70. The average molecular weight is 369 g/mol. The van der Waals surface area contributed by atoms with E-state index in [2.05, 4.69) is 10.6 Å². The third kappa shape index (κ3) is 4.47. The highest BCUT2D eigenvalue weighted by Crippen LogP contribution is 2.13. The van der Waals surface area contributed by atoms with E-state index >= 15 is 0 Å². The summed E-state index contributed by atoms with van der Waals surface area (Å²) in [6.07, 6.45) is 1.98. The Morgan fingerprint density at radius 1 is 1.53 bits per heavy atom. The lowest BCUT2D eigenvalue weighted by Gasteiger charge is -2.14. The summed E-state index contributed by atoms with van der Waals surface area (Å²) >= 11 is 6.91. The molecule has 1 heterocycles. The highest BCUT2D eigenvalue weighted by Gasteiger charge is 2.36. The molecule has 1 unspecified atom stereocenters. The number of nitrogens with one attached hydrogen (secondary N) is 2. The van der Waals surface area contributed by atoms with Crippen molar-refractivity contribution < 1.29 is 9.59 Å². The van der Waals surface area contributed by atoms with E-state index in [1.807, 2.05) is 22.6 Å². The number of unbranched alkanes of at least 4 members (excludes halogenated alkanes) is 1. The summed E-state index contributed by atoms with van der Waals surface area (Å²) in [5, 5.41) is 5.88. The van der Waals surface area contributed by atoms with Crippen LogP contribution < -0.4 is 10.6 Å². The number of likely N-dealkylation sites (N-methyl/N-ethyl adjacent to an activating group) is 1. The second-order valence-corrected chi connectivity index (χ2v) is 6.06. The van der Waals surface area contributed by atoms with Gasteiger partial charge in [0.1, 0.15) is 3.00 Å². The van der Waals surface area contributed by atoms with E-state index in [0.29, 0.717) is 6.54 Å². The van der Waals surface area contributed by atoms with Crippen molar-refractivity contribution >= 4 is 49.6 Å². The Kier molecular flexibility index (Phi) is 6.28. The smallest absolute Gasteiger partial charge is 0.246 e. The third-order valence-electron chi connectivity index (χ3n) is 2.66. The maximum Gasteiger partial charge on any atom is 0.246 e. The van der Waals surface area contributed by atoms with Crippen LogP contribution in [0.3, 0.4) is 0 Å². The first-order chi connectivity index (χ1) is 8.06. The van der Waals surface area contributed by atoms with Gasteiger partial charge in [0.25, 0.3) is 0 Å². The molecule has 0 aliphatic carbocycles. The SMILES string of the molecule is CNC1CC(=O)N(CCCCNC(=S)I)C1=O. The lowest BCUT2D eigenvalue weighted by Crippen LogP contribution is -2.37. The zero-order valence-corrected chi connectivity index (χ0v) is 12.6. The average Bonchev–Trinajstić information content (AvgIpc) is 2.54. The Bertz CT molecular complexity index is 325. The van der Waals surface area contributed by atoms with Crippen molar-refractivity contribution in [3.8, 4) is 0 Å². The number of hydrogen-bond acceptors (Lipinski definition) is 4. The van der Waals surface area contributed by atoms with Gasteiger partial charge in [-0.1, -0.05) is 12.2 Å². The molecule has 2 amide bonds. The van der Waals surface area contributed by atoms with E-state index < -0.39 is 0 Å². The number of carbonyl (C=O) groups excluding carboxylic acids is 2. The van der Waals surface area contributed by atoms with Crippen LogP contribution in [0, 0.1) is 0 Å². The highest BCUT2D eigenvalue weighted by atomic mass is 127. The lowest BCUT2D eigenvalue weighted by atomic mass is 10.2. The van der Waals surface area contributed by atoms with Gasteiger partial charge in [-0.05, 0) is 42.5 Å². The molecular weight excluding hydrogens is 353 g/mol. The predicted octanol–water partition coefficient (Wildman–Crippen LogP) is 0.423. The fourth-order valence-electron chi connectivity index (χ4n) is 1.73. The Balaban J connectivity index is 2.25. The van der Waals surface area contributed by atoms with Crippen LogP contribution in [0.4, 0.5) is 0 Å². The van der Waals surface area contributed by atoms with Gasteiger partial charge < -0.3 is 10.6 Å². The zero-order chi connectivity index (χ0) is 12.8. The first kappa shape index (κ1) is 14.8. The first-order valence-electron chi connectivity index (χ1n) is 5.51. The molecule has 0 aromatic carbocycles. The Labute approximate surface area is 120 Å². The lowest BCUT2D eigenvalue weighted by molar-refractivity contribution is -0.138. The molecule has 0 bridgehead atoms. The number of rotatable bonds is 6. The van der Waals surface area contributed by atoms with Gasteiger partial charge >= 0.3 is 0 Å². The summed E-state index contributed by atoms with van der Waals surface area (Å²) in [6.45, 7) is 1.29. The fraction of sp³-hybridized carbons (Fsp3) is 0.700. The molecule has 1 rings (SSSR count). The highest BCUT2D eigenvalue weighted by molar-refractivity contribution is 14.1. The van der Waals surface area contributed by atoms with Crippen LogP contribution in [0.1, 0.15) is 19.3 Å². The second-order valence-electron chi connectivity index (χ2n) is 3.84. The van der Waals surface area contributed by atoms with Crippen molar-refractivity contribution in [3.63, 3.8) is 0 Å². The normalized spacial score (nSPS) is 19.9. The number of imide groups is 1. The molecule has 5 nitrogen and oxygen atoms in total. The van der Waals surface area contributed by atoms with E-state index in [-0.39, 0.29) is 24.3 Å². The molecule has 0 aromatic heterocycles. The topological polar surface area (TPSA) is 61.4 Å². The largest absolute Gasteiger partial charge is 0.371 e. The van der Waals surface area contributed by atoms with Crippen molar-refractivity contribution in [2.75, 3.05) is 20.1 Å². The number of hydrogen-bond donors (Lipinski definition) is 2. The molecule has 96 valence electrons. The first-order valence-corrected chi connectivity index (χ1v) is 6.99. The van der Waals surface area contributed by atoms with Gasteiger partial charge in [-0.15, -0.1) is 0 Å². The van der Waals surface area contributed by atoms with E-state index in [1.165, 1.54) is 4.90 Å². The third-order valence-corrected chi connectivity index (χ3v) is 3.19. The number of nitrogens with zero attached hydrogens (tertiary/aromatic N) is 1. The molecule has 1 aliphatic rings. The van der Waals surface area contributed by atoms with E-state index in [9.17, 15) is 9.59 Å². The van der Waals surface area contributed by atoms with E-state index in [1.54, 1.807) is 7.05 Å². The quantitative estimate of drug-likeness (QED) is 0.178. The predicted molar refractivity (Wildman–Crippen MR) is 78.0 cm³/mol. The van der Waals surface area contributed by atoms with Gasteiger partial charge in [0.05, 0.1) is 12.5 Å². The van der Waals surface area contributed by atoms with Crippen LogP contribution in [0.15, 0.2) is 0 Å². The molecular formula is C10H16IN3O2S. The summed E-state index contributed by atoms with van der Waals surface area (Å²) in [6, 6.07) is -0.331.